The SMILES string of the molecule is C=CCn1c(SCC(=O)Nc2c(C)cc(C)cc2Cl)nc2ccccc21. The summed E-state index contributed by atoms with van der Waals surface area (Å²) in [6.07, 6.45) is 1.83. The summed E-state index contributed by atoms with van der Waals surface area (Å²) >= 11 is 7.67. The number of nitrogens with one attached hydrogen (secondary N) is 1. The van der Waals surface area contributed by atoms with Crippen molar-refractivity contribution in [2.45, 2.75) is 25.5 Å². The van der Waals surface area contributed by atoms with Crippen LogP contribution in [0.2, 0.25) is 5.02 Å². The van der Waals surface area contributed by atoms with Crippen molar-refractivity contribution in [2.75, 3.05) is 11.1 Å². The lowest BCUT2D eigenvalue weighted by Crippen LogP contribution is -2.16. The molecule has 6 heteroatoms. The second-order valence-electron chi connectivity index (χ2n) is 6.06. The topological polar surface area (TPSA) is 46.9 Å². The van der Waals surface area contributed by atoms with Crippen molar-refractivity contribution in [3.05, 3.63) is 65.2 Å². The Balaban J connectivity index is 1.75. The third-order valence-corrected chi connectivity index (χ3v) is 5.23. The molecule has 0 saturated carbocycles. The summed E-state index contributed by atoms with van der Waals surface area (Å²) in [6, 6.07) is 11.8. The first-order chi connectivity index (χ1) is 12.5. The summed E-state index contributed by atoms with van der Waals surface area (Å²) in [7, 11) is 0. The average Bonchev–Trinajstić information content (AvgIpc) is 2.94. The van der Waals surface area contributed by atoms with Gasteiger partial charge in [-0.2, -0.15) is 0 Å². The van der Waals surface area contributed by atoms with Gasteiger partial charge in [-0.1, -0.05) is 47.6 Å². The number of anilines is 1. The summed E-state index contributed by atoms with van der Waals surface area (Å²) in [5.74, 6) is 0.144. The summed E-state index contributed by atoms with van der Waals surface area (Å²) in [5.41, 5.74) is 4.63. The van der Waals surface area contributed by atoms with Gasteiger partial charge in [0, 0.05) is 6.54 Å². The molecule has 0 bridgehead atoms. The number of aromatic nitrogens is 2. The minimum absolute atomic E-state index is 0.110. The molecule has 3 rings (SSSR count). The molecule has 0 saturated heterocycles. The number of carbonyl (C=O) groups excluding carboxylic acids is 1. The van der Waals surface area contributed by atoms with Gasteiger partial charge in [0.2, 0.25) is 5.91 Å². The zero-order valence-electron chi connectivity index (χ0n) is 14.8. The molecule has 0 atom stereocenters. The first kappa shape index (κ1) is 18.5. The molecule has 26 heavy (non-hydrogen) atoms. The van der Waals surface area contributed by atoms with Crippen LogP contribution in [-0.2, 0) is 11.3 Å². The van der Waals surface area contributed by atoms with Crippen LogP contribution in [0.5, 0.6) is 0 Å². The van der Waals surface area contributed by atoms with E-state index in [0.29, 0.717) is 17.3 Å². The van der Waals surface area contributed by atoms with Crippen LogP contribution in [0, 0.1) is 13.8 Å². The minimum Gasteiger partial charge on any atom is -0.324 e. The van der Waals surface area contributed by atoms with Gasteiger partial charge in [-0.05, 0) is 43.2 Å². The number of imidazole rings is 1. The lowest BCUT2D eigenvalue weighted by atomic mass is 10.1. The van der Waals surface area contributed by atoms with Gasteiger partial charge < -0.3 is 9.88 Å². The molecule has 1 aromatic heterocycles. The van der Waals surface area contributed by atoms with Crippen LogP contribution in [0.1, 0.15) is 11.1 Å². The summed E-state index contributed by atoms with van der Waals surface area (Å²) in [5, 5.41) is 4.27. The fourth-order valence-corrected chi connectivity index (χ4v) is 4.04. The molecule has 3 aromatic rings. The Morgan fingerprint density at radius 3 is 2.85 bits per heavy atom. The molecule has 0 unspecified atom stereocenters. The number of allylic oxidation sites excluding steroid dienone is 1. The van der Waals surface area contributed by atoms with E-state index in [1.54, 1.807) is 0 Å². The zero-order valence-corrected chi connectivity index (χ0v) is 16.3. The number of halogens is 1. The third kappa shape index (κ3) is 3.94. The monoisotopic (exact) mass is 385 g/mol. The average molecular weight is 386 g/mol. The third-order valence-electron chi connectivity index (χ3n) is 3.96. The molecule has 1 N–H and O–H groups in total. The maximum atomic E-state index is 12.4. The lowest BCUT2D eigenvalue weighted by molar-refractivity contribution is -0.113. The number of hydrogen-bond donors (Lipinski definition) is 1. The Morgan fingerprint density at radius 1 is 1.35 bits per heavy atom. The van der Waals surface area contributed by atoms with E-state index in [1.165, 1.54) is 11.8 Å². The molecule has 0 aliphatic rings. The normalized spacial score (nSPS) is 10.9. The van der Waals surface area contributed by atoms with Crippen LogP contribution in [-0.4, -0.2) is 21.2 Å². The highest BCUT2D eigenvalue weighted by molar-refractivity contribution is 7.99. The number of fused-ring (bicyclic) bond motifs is 1. The highest BCUT2D eigenvalue weighted by Crippen LogP contribution is 2.28. The molecule has 134 valence electrons. The molecule has 0 radical (unpaired) electrons. The molecule has 0 aliphatic carbocycles. The number of benzene rings is 2. The van der Waals surface area contributed by atoms with E-state index in [1.807, 2.05) is 56.3 Å². The quantitative estimate of drug-likeness (QED) is 0.467. The van der Waals surface area contributed by atoms with E-state index in [9.17, 15) is 4.79 Å². The molecule has 1 amide bonds. The fourth-order valence-electron chi connectivity index (χ4n) is 2.85. The Bertz CT molecular complexity index is 957. The van der Waals surface area contributed by atoms with E-state index >= 15 is 0 Å². The molecular formula is C20H20ClN3OS. The van der Waals surface area contributed by atoms with Crippen LogP contribution in [0.25, 0.3) is 11.0 Å². The minimum atomic E-state index is -0.110. The maximum absolute atomic E-state index is 12.4. The number of amides is 1. The molecule has 0 spiro atoms. The van der Waals surface area contributed by atoms with Gasteiger partial charge >= 0.3 is 0 Å². The van der Waals surface area contributed by atoms with Crippen LogP contribution in [0.15, 0.2) is 54.2 Å². The maximum Gasteiger partial charge on any atom is 0.234 e. The summed E-state index contributed by atoms with van der Waals surface area (Å²) in [4.78, 5) is 17.0. The van der Waals surface area contributed by atoms with Crippen molar-refractivity contribution in [3.8, 4) is 0 Å². The molecule has 1 heterocycles. The molecular weight excluding hydrogens is 366 g/mol. The Labute approximate surface area is 162 Å². The van der Waals surface area contributed by atoms with Crippen LogP contribution in [0.4, 0.5) is 5.69 Å². The van der Waals surface area contributed by atoms with Gasteiger partial charge in [0.1, 0.15) is 0 Å². The van der Waals surface area contributed by atoms with E-state index < -0.39 is 0 Å². The number of aryl methyl sites for hydroxylation is 2. The zero-order chi connectivity index (χ0) is 18.7. The predicted molar refractivity (Wildman–Crippen MR) is 110 cm³/mol. The van der Waals surface area contributed by atoms with Crippen molar-refractivity contribution in [3.63, 3.8) is 0 Å². The highest BCUT2D eigenvalue weighted by atomic mass is 35.5. The van der Waals surface area contributed by atoms with Crippen LogP contribution >= 0.6 is 23.4 Å². The first-order valence-corrected chi connectivity index (χ1v) is 9.61. The van der Waals surface area contributed by atoms with Gasteiger partial charge in [-0.3, -0.25) is 4.79 Å². The predicted octanol–water partition coefficient (Wildman–Crippen LogP) is 5.22. The second-order valence-corrected chi connectivity index (χ2v) is 7.41. The first-order valence-electron chi connectivity index (χ1n) is 8.25. The van der Waals surface area contributed by atoms with Crippen molar-refractivity contribution in [1.82, 2.24) is 9.55 Å². The standard InChI is InChI=1S/C20H20ClN3OS/c1-4-9-24-17-8-6-5-7-16(17)22-20(24)26-12-18(25)23-19-14(3)10-13(2)11-15(19)21/h4-8,10-11H,1,9,12H2,2-3H3,(H,23,25). The van der Waals surface area contributed by atoms with E-state index in [4.69, 9.17) is 11.6 Å². The number of nitrogens with zero attached hydrogens (tertiary/aromatic N) is 2. The van der Waals surface area contributed by atoms with Crippen LogP contribution in [0.3, 0.4) is 0 Å². The number of hydrogen-bond acceptors (Lipinski definition) is 3. The Morgan fingerprint density at radius 2 is 2.12 bits per heavy atom. The number of para-hydroxylation sites is 2. The number of thioether (sulfide) groups is 1. The van der Waals surface area contributed by atoms with Crippen molar-refractivity contribution < 1.29 is 4.79 Å². The van der Waals surface area contributed by atoms with E-state index in [2.05, 4.69) is 21.4 Å². The van der Waals surface area contributed by atoms with E-state index in [0.717, 1.165) is 27.3 Å². The molecule has 0 fully saturated rings. The Kier molecular flexibility index (Phi) is 5.69. The van der Waals surface area contributed by atoms with Gasteiger partial charge in [0.15, 0.2) is 5.16 Å². The van der Waals surface area contributed by atoms with Gasteiger partial charge in [0.25, 0.3) is 0 Å². The van der Waals surface area contributed by atoms with Crippen LogP contribution < -0.4 is 5.32 Å². The molecule has 4 nitrogen and oxygen atoms in total. The largest absolute Gasteiger partial charge is 0.324 e. The molecule has 0 aliphatic heterocycles. The van der Waals surface area contributed by atoms with Gasteiger partial charge in [-0.15, -0.1) is 6.58 Å². The smallest absolute Gasteiger partial charge is 0.234 e. The van der Waals surface area contributed by atoms with Crippen molar-refractivity contribution in [2.24, 2.45) is 0 Å². The summed E-state index contributed by atoms with van der Waals surface area (Å²) in [6.45, 7) is 8.37. The summed E-state index contributed by atoms with van der Waals surface area (Å²) < 4.78 is 2.06. The van der Waals surface area contributed by atoms with Crippen molar-refractivity contribution >= 4 is 46.0 Å². The second kappa shape index (κ2) is 7.98. The Hall–Kier alpha value is -2.24. The molecule has 2 aromatic carbocycles. The fraction of sp³-hybridized carbons (Fsp3) is 0.200. The number of carbonyl (C=O) groups is 1. The lowest BCUT2D eigenvalue weighted by Gasteiger charge is -2.11. The van der Waals surface area contributed by atoms with E-state index in [-0.39, 0.29) is 11.7 Å². The number of rotatable bonds is 6. The van der Waals surface area contributed by atoms with Gasteiger partial charge in [-0.25, -0.2) is 4.98 Å². The highest BCUT2D eigenvalue weighted by Gasteiger charge is 2.14. The van der Waals surface area contributed by atoms with Crippen molar-refractivity contribution in [1.29, 1.82) is 0 Å². The van der Waals surface area contributed by atoms with Gasteiger partial charge in [0.05, 0.1) is 27.5 Å².